The Bertz CT molecular complexity index is 443. The number of hydrogen-bond acceptors (Lipinski definition) is 4. The normalized spacial score (nSPS) is 12.9. The van der Waals surface area contributed by atoms with Gasteiger partial charge >= 0.3 is 0 Å². The number of amides is 1. The van der Waals surface area contributed by atoms with Crippen molar-refractivity contribution in [3.63, 3.8) is 0 Å². The molecular weight excluding hydrogens is 304 g/mol. The molecule has 1 amide bonds. The van der Waals surface area contributed by atoms with E-state index in [0.717, 1.165) is 17.9 Å². The largest absolute Gasteiger partial charge is 0.497 e. The molecule has 22 heavy (non-hydrogen) atoms. The molecule has 0 spiro atoms. The summed E-state index contributed by atoms with van der Waals surface area (Å²) in [5, 5.41) is 6.12. The van der Waals surface area contributed by atoms with Crippen molar-refractivity contribution >= 4 is 18.3 Å². The monoisotopic (exact) mass is 330 g/mol. The van der Waals surface area contributed by atoms with E-state index < -0.39 is 6.10 Å². The highest BCUT2D eigenvalue weighted by Gasteiger charge is 2.14. The number of rotatable bonds is 9. The zero-order valence-electron chi connectivity index (χ0n) is 13.7. The fraction of sp³-hybridized carbons (Fsp3) is 0.562. The number of halogens is 1. The standard InChI is InChI=1S/C16H26N2O3.ClH/c1-5-17-12(2)10-18-16(19)13(3)21-11-14-7-6-8-15(9-14)20-4;/h6-9,12-13,17H,5,10-11H2,1-4H3,(H,18,19);1H/t12-,13?;/m1./s1. The van der Waals surface area contributed by atoms with Crippen LogP contribution in [0, 0.1) is 0 Å². The molecule has 0 aliphatic rings. The van der Waals surface area contributed by atoms with Crippen LogP contribution in [0.5, 0.6) is 5.75 Å². The van der Waals surface area contributed by atoms with E-state index in [1.165, 1.54) is 0 Å². The fourth-order valence-corrected chi connectivity index (χ4v) is 1.88. The number of methoxy groups -OCH3 is 1. The minimum atomic E-state index is -0.481. The first-order valence-electron chi connectivity index (χ1n) is 7.32. The first-order chi connectivity index (χ1) is 10.1. The Hall–Kier alpha value is -1.30. The second-order valence-electron chi connectivity index (χ2n) is 5.01. The highest BCUT2D eigenvalue weighted by atomic mass is 35.5. The van der Waals surface area contributed by atoms with Crippen molar-refractivity contribution in [1.29, 1.82) is 0 Å². The lowest BCUT2D eigenvalue weighted by Crippen LogP contribution is -2.42. The lowest BCUT2D eigenvalue weighted by atomic mass is 10.2. The Morgan fingerprint density at radius 3 is 2.68 bits per heavy atom. The van der Waals surface area contributed by atoms with Gasteiger partial charge in [0.25, 0.3) is 0 Å². The molecule has 0 saturated carbocycles. The van der Waals surface area contributed by atoms with E-state index in [4.69, 9.17) is 9.47 Å². The maximum Gasteiger partial charge on any atom is 0.248 e. The first kappa shape index (κ1) is 20.7. The van der Waals surface area contributed by atoms with Gasteiger partial charge in [-0.2, -0.15) is 0 Å². The first-order valence-corrected chi connectivity index (χ1v) is 7.32. The van der Waals surface area contributed by atoms with Crippen LogP contribution in [0.15, 0.2) is 24.3 Å². The van der Waals surface area contributed by atoms with Crippen LogP contribution in [0.2, 0.25) is 0 Å². The van der Waals surface area contributed by atoms with Gasteiger partial charge in [0.1, 0.15) is 11.9 Å². The van der Waals surface area contributed by atoms with E-state index in [9.17, 15) is 4.79 Å². The molecule has 1 aromatic carbocycles. The van der Waals surface area contributed by atoms with Crippen molar-refractivity contribution in [2.45, 2.75) is 39.5 Å². The van der Waals surface area contributed by atoms with Crippen LogP contribution in [0.4, 0.5) is 0 Å². The molecule has 0 aliphatic carbocycles. The van der Waals surface area contributed by atoms with Crippen molar-refractivity contribution in [3.05, 3.63) is 29.8 Å². The third-order valence-electron chi connectivity index (χ3n) is 3.14. The zero-order chi connectivity index (χ0) is 15.7. The zero-order valence-corrected chi connectivity index (χ0v) is 14.5. The van der Waals surface area contributed by atoms with Crippen LogP contribution >= 0.6 is 12.4 Å². The lowest BCUT2D eigenvalue weighted by molar-refractivity contribution is -0.132. The smallest absolute Gasteiger partial charge is 0.248 e. The molecule has 1 rings (SSSR count). The van der Waals surface area contributed by atoms with E-state index in [2.05, 4.69) is 10.6 Å². The molecule has 1 unspecified atom stereocenters. The summed E-state index contributed by atoms with van der Waals surface area (Å²) >= 11 is 0. The summed E-state index contributed by atoms with van der Waals surface area (Å²) in [6.45, 7) is 7.70. The molecule has 0 aliphatic heterocycles. The molecule has 5 nitrogen and oxygen atoms in total. The van der Waals surface area contributed by atoms with Gasteiger partial charge in [-0.25, -0.2) is 0 Å². The lowest BCUT2D eigenvalue weighted by Gasteiger charge is -2.17. The summed E-state index contributed by atoms with van der Waals surface area (Å²) in [7, 11) is 1.63. The Morgan fingerprint density at radius 1 is 1.32 bits per heavy atom. The molecule has 0 heterocycles. The Balaban J connectivity index is 0.00000441. The van der Waals surface area contributed by atoms with Gasteiger partial charge in [0, 0.05) is 12.6 Å². The number of carbonyl (C=O) groups excluding carboxylic acids is 1. The molecular formula is C16H27ClN2O3. The molecule has 0 bridgehead atoms. The maximum absolute atomic E-state index is 11.9. The third kappa shape index (κ3) is 7.64. The summed E-state index contributed by atoms with van der Waals surface area (Å²) in [5.41, 5.74) is 0.981. The summed E-state index contributed by atoms with van der Waals surface area (Å²) in [5.74, 6) is 0.690. The topological polar surface area (TPSA) is 59.6 Å². The summed E-state index contributed by atoms with van der Waals surface area (Å²) in [6.07, 6.45) is -0.481. The average Bonchev–Trinajstić information content (AvgIpc) is 2.50. The molecule has 0 fully saturated rings. The van der Waals surface area contributed by atoms with Gasteiger partial charge in [-0.15, -0.1) is 12.4 Å². The molecule has 0 radical (unpaired) electrons. The highest BCUT2D eigenvalue weighted by molar-refractivity contribution is 5.85. The second kappa shape index (κ2) is 11.3. The van der Waals surface area contributed by atoms with Gasteiger partial charge in [-0.3, -0.25) is 4.79 Å². The average molecular weight is 331 g/mol. The van der Waals surface area contributed by atoms with E-state index in [1.54, 1.807) is 14.0 Å². The van der Waals surface area contributed by atoms with Gasteiger partial charge in [-0.1, -0.05) is 19.1 Å². The van der Waals surface area contributed by atoms with Crippen LogP contribution in [0.3, 0.4) is 0 Å². The maximum atomic E-state index is 11.9. The van der Waals surface area contributed by atoms with Crippen LogP contribution in [0.1, 0.15) is 26.3 Å². The molecule has 1 aromatic rings. The predicted molar refractivity (Wildman–Crippen MR) is 90.6 cm³/mol. The van der Waals surface area contributed by atoms with Crippen molar-refractivity contribution in [2.24, 2.45) is 0 Å². The van der Waals surface area contributed by atoms with Gasteiger partial charge in [-0.05, 0) is 38.1 Å². The van der Waals surface area contributed by atoms with E-state index >= 15 is 0 Å². The number of ether oxygens (including phenoxy) is 2. The minimum absolute atomic E-state index is 0. The Morgan fingerprint density at radius 2 is 2.05 bits per heavy atom. The number of carbonyl (C=O) groups is 1. The van der Waals surface area contributed by atoms with Crippen molar-refractivity contribution in [2.75, 3.05) is 20.2 Å². The van der Waals surface area contributed by atoms with Gasteiger partial charge in [0.15, 0.2) is 0 Å². The SMILES string of the molecule is CCN[C@H](C)CNC(=O)C(C)OCc1cccc(OC)c1.Cl. The number of nitrogens with one attached hydrogen (secondary N) is 2. The van der Waals surface area contributed by atoms with Crippen molar-refractivity contribution in [1.82, 2.24) is 10.6 Å². The van der Waals surface area contributed by atoms with Gasteiger partial charge in [0.05, 0.1) is 13.7 Å². The molecule has 0 aromatic heterocycles. The quantitative estimate of drug-likeness (QED) is 0.728. The van der Waals surface area contributed by atoms with E-state index in [1.807, 2.05) is 38.1 Å². The highest BCUT2D eigenvalue weighted by Crippen LogP contribution is 2.13. The van der Waals surface area contributed by atoms with Crippen molar-refractivity contribution in [3.8, 4) is 5.75 Å². The molecule has 2 N–H and O–H groups in total. The number of benzene rings is 1. The van der Waals surface area contributed by atoms with Crippen LogP contribution in [-0.4, -0.2) is 38.3 Å². The third-order valence-corrected chi connectivity index (χ3v) is 3.14. The minimum Gasteiger partial charge on any atom is -0.497 e. The van der Waals surface area contributed by atoms with Crippen LogP contribution in [0.25, 0.3) is 0 Å². The van der Waals surface area contributed by atoms with E-state index in [0.29, 0.717) is 13.2 Å². The molecule has 0 saturated heterocycles. The van der Waals surface area contributed by atoms with Crippen LogP contribution in [-0.2, 0) is 16.1 Å². The molecule has 6 heteroatoms. The summed E-state index contributed by atoms with van der Waals surface area (Å²) in [4.78, 5) is 11.9. The Kier molecular flexibility index (Phi) is 10.6. The second-order valence-corrected chi connectivity index (χ2v) is 5.01. The van der Waals surface area contributed by atoms with Crippen molar-refractivity contribution < 1.29 is 14.3 Å². The summed E-state index contributed by atoms with van der Waals surface area (Å²) < 4.78 is 10.7. The predicted octanol–water partition coefficient (Wildman–Crippen LogP) is 2.14. The van der Waals surface area contributed by atoms with Crippen LogP contribution < -0.4 is 15.4 Å². The summed E-state index contributed by atoms with van der Waals surface area (Å²) in [6, 6.07) is 7.88. The van der Waals surface area contributed by atoms with E-state index in [-0.39, 0.29) is 24.4 Å². The number of likely N-dealkylation sites (N-methyl/N-ethyl adjacent to an activating group) is 1. The Labute approximate surface area is 139 Å². The van der Waals surface area contributed by atoms with Gasteiger partial charge in [0.2, 0.25) is 5.91 Å². The molecule has 2 atom stereocenters. The molecule has 126 valence electrons. The van der Waals surface area contributed by atoms with Gasteiger partial charge < -0.3 is 20.1 Å². The fourth-order valence-electron chi connectivity index (χ4n) is 1.88. The number of hydrogen-bond donors (Lipinski definition) is 2.